The second-order valence-electron chi connectivity index (χ2n) is 7.19. The van der Waals surface area contributed by atoms with Crippen molar-refractivity contribution in [3.05, 3.63) is 70.6 Å². The standard InChI is InChI=1S/C23H24N4O3/c1-4-30-17-11-9-16(10-12-17)13-24-22(28)15(2)27-20-8-6-5-7-18(20)19-14-25-26(3)23(29)21(19)27/h5-12,14-15H,4,13H2,1-3H3,(H,24,28)/t15-/m1/s1. The second-order valence-corrected chi connectivity index (χ2v) is 7.19. The fraction of sp³-hybridized carbons (Fsp3) is 0.261. The number of amides is 1. The lowest BCUT2D eigenvalue weighted by Gasteiger charge is -2.17. The van der Waals surface area contributed by atoms with Crippen molar-refractivity contribution in [3.8, 4) is 5.75 Å². The molecule has 2 aromatic heterocycles. The van der Waals surface area contributed by atoms with Crippen molar-refractivity contribution in [2.45, 2.75) is 26.4 Å². The highest BCUT2D eigenvalue weighted by Gasteiger charge is 2.23. The molecule has 0 saturated heterocycles. The Balaban J connectivity index is 1.65. The molecule has 1 atom stereocenters. The number of para-hydroxylation sites is 1. The Morgan fingerprint density at radius 3 is 2.60 bits per heavy atom. The lowest BCUT2D eigenvalue weighted by molar-refractivity contribution is -0.123. The van der Waals surface area contributed by atoms with Crippen LogP contribution in [0.2, 0.25) is 0 Å². The van der Waals surface area contributed by atoms with Crippen LogP contribution in [0.25, 0.3) is 21.8 Å². The number of aromatic nitrogens is 3. The van der Waals surface area contributed by atoms with Crippen LogP contribution in [0.4, 0.5) is 0 Å². The first kappa shape index (κ1) is 19.7. The average molecular weight is 404 g/mol. The fourth-order valence-electron chi connectivity index (χ4n) is 3.71. The number of aryl methyl sites for hydroxylation is 1. The van der Waals surface area contributed by atoms with Crippen molar-refractivity contribution in [2.75, 3.05) is 6.61 Å². The van der Waals surface area contributed by atoms with Gasteiger partial charge in [-0.3, -0.25) is 9.59 Å². The molecular formula is C23H24N4O3. The lowest BCUT2D eigenvalue weighted by Crippen LogP contribution is -2.32. The molecule has 4 aromatic rings. The van der Waals surface area contributed by atoms with Crippen LogP contribution < -0.4 is 15.6 Å². The van der Waals surface area contributed by atoms with Crippen molar-refractivity contribution in [1.29, 1.82) is 0 Å². The Kier molecular flexibility index (Phi) is 5.27. The van der Waals surface area contributed by atoms with Crippen molar-refractivity contribution < 1.29 is 9.53 Å². The lowest BCUT2D eigenvalue weighted by atomic mass is 10.2. The molecule has 0 unspecified atom stereocenters. The Morgan fingerprint density at radius 2 is 1.87 bits per heavy atom. The van der Waals surface area contributed by atoms with Crippen molar-refractivity contribution >= 4 is 27.7 Å². The summed E-state index contributed by atoms with van der Waals surface area (Å²) in [6.45, 7) is 4.75. The number of nitrogens with zero attached hydrogens (tertiary/aromatic N) is 3. The van der Waals surface area contributed by atoms with Gasteiger partial charge < -0.3 is 14.6 Å². The molecule has 0 saturated carbocycles. The molecule has 0 bridgehead atoms. The van der Waals surface area contributed by atoms with E-state index in [9.17, 15) is 9.59 Å². The summed E-state index contributed by atoms with van der Waals surface area (Å²) < 4.78 is 8.55. The zero-order valence-electron chi connectivity index (χ0n) is 17.3. The molecule has 7 heteroatoms. The normalized spacial score (nSPS) is 12.2. The number of carbonyl (C=O) groups is 1. The van der Waals surface area contributed by atoms with Crippen LogP contribution in [0.15, 0.2) is 59.5 Å². The van der Waals surface area contributed by atoms with E-state index in [2.05, 4.69) is 10.4 Å². The maximum absolute atomic E-state index is 13.0. The minimum absolute atomic E-state index is 0.162. The maximum atomic E-state index is 13.0. The second kappa shape index (κ2) is 8.02. The third-order valence-electron chi connectivity index (χ3n) is 5.27. The van der Waals surface area contributed by atoms with E-state index in [0.717, 1.165) is 27.6 Å². The Morgan fingerprint density at radius 1 is 1.13 bits per heavy atom. The number of hydrogen-bond acceptors (Lipinski definition) is 4. The SMILES string of the molecule is CCOc1ccc(CNC(=O)[C@@H](C)n2c3ccccc3c3cnn(C)c(=O)c32)cc1. The topological polar surface area (TPSA) is 78.2 Å². The van der Waals surface area contributed by atoms with E-state index in [0.29, 0.717) is 18.7 Å². The molecule has 2 aromatic carbocycles. The van der Waals surface area contributed by atoms with Crippen LogP contribution in [0.1, 0.15) is 25.5 Å². The zero-order valence-corrected chi connectivity index (χ0v) is 17.3. The summed E-state index contributed by atoms with van der Waals surface area (Å²) in [7, 11) is 1.61. The summed E-state index contributed by atoms with van der Waals surface area (Å²) in [6.07, 6.45) is 1.68. The van der Waals surface area contributed by atoms with Gasteiger partial charge in [0.2, 0.25) is 5.91 Å². The van der Waals surface area contributed by atoms with Gasteiger partial charge in [-0.2, -0.15) is 5.10 Å². The zero-order chi connectivity index (χ0) is 21.3. The molecule has 1 amide bonds. The van der Waals surface area contributed by atoms with Gasteiger partial charge in [0.05, 0.1) is 18.3 Å². The Hall–Kier alpha value is -3.61. The Labute approximate surface area is 173 Å². The number of benzene rings is 2. The molecule has 154 valence electrons. The third-order valence-corrected chi connectivity index (χ3v) is 5.27. The predicted octanol–water partition coefficient (Wildman–Crippen LogP) is 3.16. The minimum atomic E-state index is -0.565. The summed E-state index contributed by atoms with van der Waals surface area (Å²) in [5.74, 6) is 0.640. The van der Waals surface area contributed by atoms with Gasteiger partial charge in [-0.1, -0.05) is 30.3 Å². The number of rotatable bonds is 6. The molecule has 0 aliphatic rings. The quantitative estimate of drug-likeness (QED) is 0.535. The molecule has 2 heterocycles. The van der Waals surface area contributed by atoms with E-state index < -0.39 is 6.04 Å². The number of fused-ring (bicyclic) bond motifs is 3. The monoisotopic (exact) mass is 404 g/mol. The number of carbonyl (C=O) groups excluding carboxylic acids is 1. The van der Waals surface area contributed by atoms with Crippen LogP contribution in [0.5, 0.6) is 5.75 Å². The van der Waals surface area contributed by atoms with Gasteiger partial charge in [-0.25, -0.2) is 4.68 Å². The molecule has 0 fully saturated rings. The largest absolute Gasteiger partial charge is 0.494 e. The number of nitrogens with one attached hydrogen (secondary N) is 1. The third kappa shape index (κ3) is 3.43. The van der Waals surface area contributed by atoms with Crippen LogP contribution in [0, 0.1) is 0 Å². The van der Waals surface area contributed by atoms with Crippen LogP contribution >= 0.6 is 0 Å². The van der Waals surface area contributed by atoms with Crippen molar-refractivity contribution in [3.63, 3.8) is 0 Å². The fourth-order valence-corrected chi connectivity index (χ4v) is 3.71. The van der Waals surface area contributed by atoms with Crippen molar-refractivity contribution in [2.24, 2.45) is 7.05 Å². The van der Waals surface area contributed by atoms with E-state index in [4.69, 9.17) is 4.74 Å². The van der Waals surface area contributed by atoms with Crippen LogP contribution in [-0.2, 0) is 18.4 Å². The Bertz CT molecular complexity index is 1270. The summed E-state index contributed by atoms with van der Waals surface area (Å²) >= 11 is 0. The molecular weight excluding hydrogens is 380 g/mol. The predicted molar refractivity (Wildman–Crippen MR) is 117 cm³/mol. The van der Waals surface area contributed by atoms with Crippen LogP contribution in [0.3, 0.4) is 0 Å². The summed E-state index contributed by atoms with van der Waals surface area (Å²) in [6, 6.07) is 14.8. The van der Waals surface area contributed by atoms with Gasteiger partial charge in [-0.15, -0.1) is 0 Å². The van der Waals surface area contributed by atoms with Gasteiger partial charge in [0, 0.05) is 24.4 Å². The van der Waals surface area contributed by atoms with Gasteiger partial charge in [0.25, 0.3) is 5.56 Å². The highest BCUT2D eigenvalue weighted by molar-refractivity contribution is 6.08. The average Bonchev–Trinajstić information content (AvgIpc) is 3.10. The van der Waals surface area contributed by atoms with Crippen LogP contribution in [-0.4, -0.2) is 26.9 Å². The first-order chi connectivity index (χ1) is 14.5. The van der Waals surface area contributed by atoms with E-state index in [-0.39, 0.29) is 11.5 Å². The first-order valence-corrected chi connectivity index (χ1v) is 9.95. The molecule has 30 heavy (non-hydrogen) atoms. The summed E-state index contributed by atoms with van der Waals surface area (Å²) in [5, 5.41) is 8.78. The maximum Gasteiger partial charge on any atom is 0.291 e. The highest BCUT2D eigenvalue weighted by atomic mass is 16.5. The van der Waals surface area contributed by atoms with E-state index in [1.165, 1.54) is 4.68 Å². The van der Waals surface area contributed by atoms with E-state index in [1.807, 2.05) is 60.0 Å². The summed E-state index contributed by atoms with van der Waals surface area (Å²) in [4.78, 5) is 25.8. The van der Waals surface area contributed by atoms with Gasteiger partial charge in [-0.05, 0) is 37.6 Å². The highest BCUT2D eigenvalue weighted by Crippen LogP contribution is 2.29. The molecule has 0 aliphatic heterocycles. The molecule has 0 spiro atoms. The summed E-state index contributed by atoms with van der Waals surface area (Å²) in [5.41, 5.74) is 2.06. The smallest absolute Gasteiger partial charge is 0.291 e. The van der Waals surface area contributed by atoms with E-state index >= 15 is 0 Å². The number of ether oxygens (including phenoxy) is 1. The molecule has 7 nitrogen and oxygen atoms in total. The molecule has 0 aliphatic carbocycles. The van der Waals surface area contributed by atoms with E-state index in [1.54, 1.807) is 20.2 Å². The first-order valence-electron chi connectivity index (χ1n) is 9.95. The number of hydrogen-bond donors (Lipinski definition) is 1. The molecule has 4 rings (SSSR count). The minimum Gasteiger partial charge on any atom is -0.494 e. The molecule has 0 radical (unpaired) electrons. The molecule has 1 N–H and O–H groups in total. The van der Waals surface area contributed by atoms with Gasteiger partial charge in [0.1, 0.15) is 17.3 Å². The van der Waals surface area contributed by atoms with Crippen molar-refractivity contribution in [1.82, 2.24) is 19.7 Å². The van der Waals surface area contributed by atoms with Gasteiger partial charge >= 0.3 is 0 Å². The van der Waals surface area contributed by atoms with Gasteiger partial charge in [0.15, 0.2) is 0 Å².